The number of rotatable bonds is 6. The van der Waals surface area contributed by atoms with Gasteiger partial charge < -0.3 is 4.74 Å². The molecule has 0 saturated heterocycles. The van der Waals surface area contributed by atoms with Crippen LogP contribution < -0.4 is 16.0 Å². The van der Waals surface area contributed by atoms with Crippen molar-refractivity contribution in [1.82, 2.24) is 10.4 Å². The molecule has 21 heavy (non-hydrogen) atoms. The summed E-state index contributed by atoms with van der Waals surface area (Å²) in [6, 6.07) is 12.4. The molecule has 112 valence electrons. The quantitative estimate of drug-likeness (QED) is 0.633. The molecule has 4 heteroatoms. The van der Waals surface area contributed by atoms with Crippen LogP contribution in [0, 0.1) is 13.8 Å². The zero-order chi connectivity index (χ0) is 15.2. The Labute approximate surface area is 126 Å². The maximum absolute atomic E-state index is 5.72. The van der Waals surface area contributed by atoms with Gasteiger partial charge in [-0.05, 0) is 56.0 Å². The number of ether oxygens (including phenoxy) is 1. The Kier molecular flexibility index (Phi) is 5.31. The lowest BCUT2D eigenvalue weighted by Gasteiger charge is -2.18. The molecule has 0 aliphatic rings. The first-order valence-electron chi connectivity index (χ1n) is 7.17. The van der Waals surface area contributed by atoms with Gasteiger partial charge >= 0.3 is 0 Å². The summed E-state index contributed by atoms with van der Waals surface area (Å²) in [5.74, 6) is 6.60. The molecule has 0 fully saturated rings. The number of aromatic nitrogens is 1. The van der Waals surface area contributed by atoms with Gasteiger partial charge in [-0.15, -0.1) is 0 Å². The summed E-state index contributed by atoms with van der Waals surface area (Å²) in [6.07, 6.45) is 1.88. The molecule has 0 aliphatic heterocycles. The monoisotopic (exact) mass is 285 g/mol. The Hall–Kier alpha value is -1.91. The van der Waals surface area contributed by atoms with Gasteiger partial charge in [0.1, 0.15) is 5.75 Å². The number of nitrogens with one attached hydrogen (secondary N) is 1. The number of nitrogens with two attached hydrogens (primary N) is 1. The van der Waals surface area contributed by atoms with Crippen molar-refractivity contribution < 1.29 is 4.74 Å². The van der Waals surface area contributed by atoms with Crippen LogP contribution in [0.15, 0.2) is 36.4 Å². The smallest absolute Gasteiger partial charge is 0.118 e. The van der Waals surface area contributed by atoms with Gasteiger partial charge in [0, 0.05) is 17.4 Å². The molecular weight excluding hydrogens is 262 g/mol. The first-order chi connectivity index (χ1) is 10.1. The Morgan fingerprint density at radius 1 is 1.14 bits per heavy atom. The molecule has 1 aromatic carbocycles. The van der Waals surface area contributed by atoms with Crippen LogP contribution in [0.4, 0.5) is 0 Å². The lowest BCUT2D eigenvalue weighted by Crippen LogP contribution is -2.29. The minimum absolute atomic E-state index is 0.111. The van der Waals surface area contributed by atoms with E-state index in [1.807, 2.05) is 32.0 Å². The maximum Gasteiger partial charge on any atom is 0.118 e. The summed E-state index contributed by atoms with van der Waals surface area (Å²) in [6.45, 7) is 4.03. The number of hydrogen-bond donors (Lipinski definition) is 2. The average molecular weight is 285 g/mol. The van der Waals surface area contributed by atoms with Gasteiger partial charge in [0.2, 0.25) is 0 Å². The van der Waals surface area contributed by atoms with Crippen molar-refractivity contribution in [1.29, 1.82) is 0 Å². The third-order valence-electron chi connectivity index (χ3n) is 3.72. The lowest BCUT2D eigenvalue weighted by molar-refractivity contribution is 0.414. The molecule has 0 saturated carbocycles. The van der Waals surface area contributed by atoms with Crippen molar-refractivity contribution in [2.24, 2.45) is 5.84 Å². The second-order valence-electron chi connectivity index (χ2n) is 5.23. The molecule has 0 aliphatic carbocycles. The minimum Gasteiger partial charge on any atom is -0.497 e. The van der Waals surface area contributed by atoms with E-state index < -0.39 is 0 Å². The molecule has 2 aromatic rings. The van der Waals surface area contributed by atoms with Gasteiger partial charge in [-0.2, -0.15) is 0 Å². The van der Waals surface area contributed by atoms with Crippen molar-refractivity contribution in [3.8, 4) is 5.75 Å². The third kappa shape index (κ3) is 4.03. The van der Waals surface area contributed by atoms with E-state index in [9.17, 15) is 0 Å². The third-order valence-corrected chi connectivity index (χ3v) is 3.72. The number of nitrogens with zero attached hydrogens (tertiary/aromatic N) is 1. The van der Waals surface area contributed by atoms with Gasteiger partial charge in [-0.3, -0.25) is 16.3 Å². The van der Waals surface area contributed by atoms with Crippen LogP contribution in [0.5, 0.6) is 5.75 Å². The van der Waals surface area contributed by atoms with Crippen LogP contribution in [-0.2, 0) is 6.42 Å². The fraction of sp³-hybridized carbons (Fsp3) is 0.353. The number of hydrazine groups is 1. The molecule has 4 nitrogen and oxygen atoms in total. The molecular formula is C17H23N3O. The first kappa shape index (κ1) is 15.5. The highest BCUT2D eigenvalue weighted by Crippen LogP contribution is 2.22. The summed E-state index contributed by atoms with van der Waals surface area (Å²) in [5, 5.41) is 0. The van der Waals surface area contributed by atoms with E-state index in [4.69, 9.17) is 10.6 Å². The SMILES string of the molecule is COc1ccc(CCC(NN)c2ccc(C)nc2C)cc1. The van der Waals surface area contributed by atoms with Crippen molar-refractivity contribution in [3.63, 3.8) is 0 Å². The largest absolute Gasteiger partial charge is 0.497 e. The Bertz CT molecular complexity index is 581. The first-order valence-corrected chi connectivity index (χ1v) is 7.17. The van der Waals surface area contributed by atoms with Crippen molar-refractivity contribution >= 4 is 0 Å². The van der Waals surface area contributed by atoms with Crippen LogP contribution in [-0.4, -0.2) is 12.1 Å². The van der Waals surface area contributed by atoms with Crippen LogP contribution >= 0.6 is 0 Å². The van der Waals surface area contributed by atoms with Crippen molar-refractivity contribution in [2.75, 3.05) is 7.11 Å². The number of benzene rings is 1. The highest BCUT2D eigenvalue weighted by atomic mass is 16.5. The standard InChI is InChI=1S/C17H23N3O/c1-12-4-10-16(13(2)19-12)17(20-18)11-7-14-5-8-15(21-3)9-6-14/h4-6,8-10,17,20H,7,11,18H2,1-3H3. The van der Waals surface area contributed by atoms with E-state index in [-0.39, 0.29) is 6.04 Å². The van der Waals surface area contributed by atoms with Gasteiger partial charge in [-0.25, -0.2) is 0 Å². The Morgan fingerprint density at radius 2 is 1.86 bits per heavy atom. The predicted molar refractivity (Wildman–Crippen MR) is 85.1 cm³/mol. The zero-order valence-electron chi connectivity index (χ0n) is 12.9. The van der Waals surface area contributed by atoms with E-state index in [2.05, 4.69) is 28.6 Å². The minimum atomic E-state index is 0.111. The predicted octanol–water partition coefficient (Wildman–Crippen LogP) is 2.84. The summed E-state index contributed by atoms with van der Waals surface area (Å²) < 4.78 is 5.17. The highest BCUT2D eigenvalue weighted by Gasteiger charge is 2.13. The fourth-order valence-electron chi connectivity index (χ4n) is 2.50. The molecule has 0 spiro atoms. The molecule has 1 atom stereocenters. The summed E-state index contributed by atoms with van der Waals surface area (Å²) in [7, 11) is 1.68. The van der Waals surface area contributed by atoms with Crippen LogP contribution in [0.3, 0.4) is 0 Å². The van der Waals surface area contributed by atoms with Crippen LogP contribution in [0.2, 0.25) is 0 Å². The Balaban J connectivity index is 2.04. The van der Waals surface area contributed by atoms with Gasteiger partial charge in [-0.1, -0.05) is 18.2 Å². The second kappa shape index (κ2) is 7.20. The Morgan fingerprint density at radius 3 is 2.43 bits per heavy atom. The number of pyridine rings is 1. The number of hydrogen-bond acceptors (Lipinski definition) is 4. The van der Waals surface area contributed by atoms with Gasteiger partial charge in [0.25, 0.3) is 0 Å². The second-order valence-corrected chi connectivity index (χ2v) is 5.23. The molecule has 1 heterocycles. The molecule has 0 radical (unpaired) electrons. The zero-order valence-corrected chi connectivity index (χ0v) is 12.9. The van der Waals surface area contributed by atoms with Gasteiger partial charge in [0.15, 0.2) is 0 Å². The molecule has 3 N–H and O–H groups in total. The highest BCUT2D eigenvalue weighted by molar-refractivity contribution is 5.28. The number of methoxy groups -OCH3 is 1. The van der Waals surface area contributed by atoms with Crippen molar-refractivity contribution in [2.45, 2.75) is 32.7 Å². The van der Waals surface area contributed by atoms with Crippen LogP contribution in [0.1, 0.15) is 35.0 Å². The van der Waals surface area contributed by atoms with Crippen LogP contribution in [0.25, 0.3) is 0 Å². The fourth-order valence-corrected chi connectivity index (χ4v) is 2.50. The topological polar surface area (TPSA) is 60.2 Å². The van der Waals surface area contributed by atoms with E-state index in [1.165, 1.54) is 5.56 Å². The summed E-state index contributed by atoms with van der Waals surface area (Å²) >= 11 is 0. The molecule has 0 amide bonds. The molecule has 1 unspecified atom stereocenters. The van der Waals surface area contributed by atoms with E-state index >= 15 is 0 Å². The lowest BCUT2D eigenvalue weighted by atomic mass is 9.98. The summed E-state index contributed by atoms with van der Waals surface area (Å²) in [5.41, 5.74) is 7.41. The van der Waals surface area contributed by atoms with E-state index in [0.717, 1.165) is 35.5 Å². The molecule has 2 rings (SSSR count). The van der Waals surface area contributed by atoms with E-state index in [0.29, 0.717) is 0 Å². The van der Waals surface area contributed by atoms with Crippen molar-refractivity contribution in [3.05, 3.63) is 58.9 Å². The normalized spacial score (nSPS) is 12.2. The maximum atomic E-state index is 5.72. The van der Waals surface area contributed by atoms with E-state index in [1.54, 1.807) is 7.11 Å². The molecule has 0 bridgehead atoms. The molecule has 1 aromatic heterocycles. The average Bonchev–Trinajstić information content (AvgIpc) is 2.50. The number of aryl methyl sites for hydroxylation is 3. The van der Waals surface area contributed by atoms with Gasteiger partial charge in [0.05, 0.1) is 7.11 Å². The summed E-state index contributed by atoms with van der Waals surface area (Å²) in [4.78, 5) is 4.51.